The maximum Gasteiger partial charge on any atom is 0.318 e. The Morgan fingerprint density at radius 3 is 1.17 bits per heavy atom. The van der Waals surface area contributed by atoms with E-state index < -0.39 is 5.91 Å². The number of aromatic nitrogens is 10. The van der Waals surface area contributed by atoms with Crippen molar-refractivity contribution in [3.8, 4) is 36.1 Å². The number of nitrogens with zero attached hydrogens (tertiary/aromatic N) is 16. The van der Waals surface area contributed by atoms with Gasteiger partial charge in [-0.1, -0.05) is 195 Å². The number of nitrogens with one attached hydrogen (secondary N) is 1. The van der Waals surface area contributed by atoms with Crippen molar-refractivity contribution in [2.45, 2.75) is 235 Å². The first-order valence-corrected chi connectivity index (χ1v) is 52.6. The van der Waals surface area contributed by atoms with Gasteiger partial charge in [-0.2, -0.15) is 55.1 Å². The number of primary amides is 1. The molecule has 2 saturated heterocycles. The topological polar surface area (TPSA) is 400 Å². The number of ether oxygens (including phenoxy) is 5. The highest BCUT2D eigenvalue weighted by molar-refractivity contribution is 6.03. The van der Waals surface area contributed by atoms with Crippen LogP contribution in [-0.4, -0.2) is 193 Å². The van der Waals surface area contributed by atoms with E-state index in [1.807, 2.05) is 0 Å². The minimum absolute atomic E-state index is 0.258. The molecule has 0 unspecified atom stereocenters. The number of amides is 1. The van der Waals surface area contributed by atoms with Crippen LogP contribution in [0.1, 0.15) is 247 Å². The number of fused-ring (bicyclic) bond motifs is 8. The zero-order valence-corrected chi connectivity index (χ0v) is 85.9. The number of carbonyl (C=O) groups excluding carboxylic acids is 1. The zero-order valence-electron chi connectivity index (χ0n) is 85.9. The zero-order chi connectivity index (χ0) is 101. The van der Waals surface area contributed by atoms with Gasteiger partial charge in [-0.25, -0.2) is 0 Å². The van der Waals surface area contributed by atoms with Crippen LogP contribution in [0.2, 0.25) is 0 Å². The van der Waals surface area contributed by atoms with Crippen molar-refractivity contribution in [1.29, 1.82) is 5.26 Å². The lowest BCUT2D eigenvalue weighted by Gasteiger charge is -2.32. The molecule has 0 spiro atoms. The monoisotopic (exact) mass is 1950 g/mol. The number of rotatable bonds is 36. The van der Waals surface area contributed by atoms with Crippen molar-refractivity contribution in [3.63, 3.8) is 0 Å². The molecule has 144 heavy (non-hydrogen) atoms. The van der Waals surface area contributed by atoms with Gasteiger partial charge in [0.15, 0.2) is 0 Å². The second-order valence-electron chi connectivity index (χ2n) is 39.6. The van der Waals surface area contributed by atoms with Gasteiger partial charge in [-0.05, 0) is 243 Å². The summed E-state index contributed by atoms with van der Waals surface area (Å²) in [4.78, 5) is 69.2. The maximum atomic E-state index is 12.2. The number of likely N-dealkylation sites (tertiary alicyclic amines) is 1. The number of likely N-dealkylation sites (N-methyl/N-ethyl adjacent to an activating group) is 3. The Morgan fingerprint density at radius 2 is 0.743 bits per heavy atom. The summed E-state index contributed by atoms with van der Waals surface area (Å²) in [6, 6.07) is 42.1. The summed E-state index contributed by atoms with van der Waals surface area (Å²) < 4.78 is 28.5. The third-order valence-electron chi connectivity index (χ3n) is 28.8. The Hall–Kier alpha value is -13.1. The molecular weight excluding hydrogens is 1800 g/mol. The third kappa shape index (κ3) is 26.9. The third-order valence-corrected chi connectivity index (χ3v) is 28.8. The van der Waals surface area contributed by atoms with E-state index in [4.69, 9.17) is 58.1 Å². The van der Waals surface area contributed by atoms with E-state index in [0.717, 1.165) is 273 Å². The Balaban J connectivity index is 0.000000129. The van der Waals surface area contributed by atoms with Gasteiger partial charge in [0.05, 0.1) is 67.6 Å². The lowest BCUT2D eigenvalue weighted by Crippen LogP contribution is -2.43. The molecule has 0 atom stereocenters. The van der Waals surface area contributed by atoms with Crippen LogP contribution in [0, 0.1) is 11.3 Å². The number of hydrogen-bond donors (Lipinski definition) is 7. The van der Waals surface area contributed by atoms with Gasteiger partial charge >= 0.3 is 30.1 Å². The lowest BCUT2D eigenvalue weighted by molar-refractivity contribution is -0.114. The van der Waals surface area contributed by atoms with Crippen LogP contribution in [0.15, 0.2) is 133 Å². The number of benzene rings is 5. The van der Waals surface area contributed by atoms with Crippen LogP contribution in [0.5, 0.6) is 30.1 Å². The molecular formula is C115H147N23O6. The van der Waals surface area contributed by atoms with E-state index in [-0.39, 0.29) is 6.01 Å². The second-order valence-corrected chi connectivity index (χ2v) is 39.6. The summed E-state index contributed by atoms with van der Waals surface area (Å²) in [5.74, 6) is 1.96. The van der Waals surface area contributed by atoms with Crippen LogP contribution in [0.3, 0.4) is 0 Å². The van der Waals surface area contributed by atoms with Crippen molar-refractivity contribution in [3.05, 3.63) is 261 Å². The highest BCUT2D eigenvalue weighted by Crippen LogP contribution is 2.42. The quantitative estimate of drug-likeness (QED) is 0.0179. The van der Waals surface area contributed by atoms with Gasteiger partial charge < -0.3 is 73.2 Å². The fraction of sp³-hybridized carbons (Fsp3) is 0.461. The fourth-order valence-electron chi connectivity index (χ4n) is 20.1. The summed E-state index contributed by atoms with van der Waals surface area (Å²) in [5, 5.41) is 13.2. The molecule has 29 heteroatoms. The van der Waals surface area contributed by atoms with Gasteiger partial charge in [0.2, 0.25) is 5.91 Å². The predicted molar refractivity (Wildman–Crippen MR) is 573 cm³/mol. The van der Waals surface area contributed by atoms with Gasteiger partial charge in [-0.3, -0.25) is 19.5 Å². The van der Waals surface area contributed by atoms with Gasteiger partial charge in [0.25, 0.3) is 0 Å². The van der Waals surface area contributed by atoms with Crippen LogP contribution in [-0.2, 0) is 121 Å². The SMILES string of the molecule is CCCCOc1nc(N)c2c(n1)C(Cc1ccc(CN3CCCC3)cc1)=C(C(N)=O)C2.CCCCOc1nc(N)c2c(n1)C(Cc1ccc(CN3CCN(C)CC3)cc1)=C(C#N)C2.CCCCOc1nc(N)c2c(n1)C(Cc1ccc3c(c1)CN(C)CC3)=CC2.CCCCOc1nc(N)c2c(n1)C(Cc1ccc3c(c1)CN(CC)CC3)=CC2.CCCCOc1nc(N)c2c(n1)C(Cc1ccc3c(c1)CNCC3)=CC2. The van der Waals surface area contributed by atoms with E-state index in [1.165, 1.54) is 110 Å². The molecule has 20 rings (SSSR count). The van der Waals surface area contributed by atoms with E-state index in [9.17, 15) is 10.1 Å². The Bertz CT molecular complexity index is 6370. The molecule has 2 fully saturated rings. The molecule has 13 N–H and O–H groups in total. The number of nitrogen functional groups attached to an aromatic ring is 5. The molecule has 10 aromatic rings. The molecule has 5 aromatic heterocycles. The lowest BCUT2D eigenvalue weighted by atomic mass is 9.94. The van der Waals surface area contributed by atoms with E-state index in [1.54, 1.807) is 0 Å². The minimum Gasteiger partial charge on any atom is -0.463 e. The highest BCUT2D eigenvalue weighted by Gasteiger charge is 2.34. The first kappa shape index (κ1) is 104. The molecule has 5 aliphatic carbocycles. The Morgan fingerprint density at radius 1 is 0.375 bits per heavy atom. The van der Waals surface area contributed by atoms with E-state index >= 15 is 0 Å². The minimum atomic E-state index is -0.438. The first-order valence-electron chi connectivity index (χ1n) is 52.6. The molecule has 5 aromatic carbocycles. The number of anilines is 5. The molecule has 10 aliphatic rings. The Labute approximate surface area is 850 Å². The average molecular weight is 1950 g/mol. The fourth-order valence-corrected chi connectivity index (χ4v) is 20.1. The average Bonchev–Trinajstić information content (AvgIpc) is 1.63. The van der Waals surface area contributed by atoms with Crippen molar-refractivity contribution < 1.29 is 28.5 Å². The first-order chi connectivity index (χ1) is 70.2. The predicted octanol–water partition coefficient (Wildman–Crippen LogP) is 16.2. The summed E-state index contributed by atoms with van der Waals surface area (Å²) in [6.45, 7) is 32.2. The summed E-state index contributed by atoms with van der Waals surface area (Å²) in [6.07, 6.45) is 29.9. The summed E-state index contributed by atoms with van der Waals surface area (Å²) in [7, 11) is 4.36. The van der Waals surface area contributed by atoms with Crippen molar-refractivity contribution in [2.75, 3.05) is 141 Å². The van der Waals surface area contributed by atoms with Gasteiger partial charge in [-0.15, -0.1) is 0 Å². The van der Waals surface area contributed by atoms with E-state index in [0.29, 0.717) is 129 Å². The van der Waals surface area contributed by atoms with Gasteiger partial charge in [0, 0.05) is 137 Å². The number of nitriles is 1. The molecule has 0 bridgehead atoms. The van der Waals surface area contributed by atoms with Crippen molar-refractivity contribution >= 4 is 62.9 Å². The molecule has 0 radical (unpaired) electrons. The van der Waals surface area contributed by atoms with Crippen molar-refractivity contribution in [1.82, 2.24) is 79.7 Å². The van der Waals surface area contributed by atoms with Crippen LogP contribution >= 0.6 is 0 Å². The van der Waals surface area contributed by atoms with Crippen LogP contribution in [0.4, 0.5) is 29.1 Å². The standard InChI is InChI=1S/C25H32N6O.C24H31N5O2.C23H30N4O.C22H28N4O.C21H26N4O/c1-3-4-13-32-25-28-23-21(20(16-26)15-22(23)24(27)29-25)14-18-5-7-19(8-6-18)17-31-11-9-30(2)10-12-31;1-2-3-12-31-24-27-21-18(19(23(26)30)14-20(21)22(25)28-24)13-16-6-8-17(9-7-16)15-29-10-4-5-11-29;1-3-5-12-28-23-25-21-18(8-9-20(21)22(24)26-23)13-16-6-7-17-10-11-27(4-2)15-19(17)14-16;1-3-4-11-27-22-24-20-17(7-8-19(20)21(23)25-22)12-15-5-6-16-9-10-26(2)14-18(16)13-15;1-2-3-10-26-21-24-19-16(6-7-18(19)20(22)25-21)11-14-4-5-15-8-9-23-13-17(15)12-14/h5-8H,3-4,9-15,17H2,1-2H3,(H2,27,28,29);6-9H,2-5,10-15H2,1H3,(H2,26,30)(H2,25,27,28);6-8,14H,3-5,9-13,15H2,1-2H3,(H2,24,25,26);5-7,13H,3-4,8-12,14H2,1-2H3,(H2,23,24,25);4-6,12,23H,2-3,7-11,13H2,1H3,(H2,22,24,25). The second kappa shape index (κ2) is 50.4. The normalized spacial score (nSPS) is 16.0. The molecule has 758 valence electrons. The van der Waals surface area contributed by atoms with Crippen LogP contribution in [0.25, 0.3) is 27.9 Å². The van der Waals surface area contributed by atoms with Gasteiger partial charge in [0.1, 0.15) is 29.1 Å². The molecule has 1 amide bonds. The number of hydrogen-bond acceptors (Lipinski definition) is 28. The Kier molecular flexibility index (Phi) is 36.3. The molecule has 10 heterocycles. The maximum absolute atomic E-state index is 12.2. The number of piperazine rings is 1. The molecule has 5 aliphatic heterocycles. The number of unbranched alkanes of at least 4 members (excludes halogenated alkanes) is 5. The van der Waals surface area contributed by atoms with E-state index in [2.05, 4.69) is 263 Å². The smallest absolute Gasteiger partial charge is 0.318 e. The molecule has 29 nitrogen and oxygen atoms in total. The largest absolute Gasteiger partial charge is 0.463 e. The summed E-state index contributed by atoms with van der Waals surface area (Å²) >= 11 is 0. The molecule has 0 saturated carbocycles. The van der Waals surface area contributed by atoms with Crippen LogP contribution < -0.4 is 63.4 Å². The number of nitrogens with two attached hydrogens (primary N) is 6. The van der Waals surface area contributed by atoms with Crippen molar-refractivity contribution in [2.24, 2.45) is 5.73 Å². The number of carbonyl (C=O) groups is 1. The summed E-state index contributed by atoms with van der Waals surface area (Å²) in [5.41, 5.74) is 70.0. The number of allylic oxidation sites excluding steroid dienone is 9. The highest BCUT2D eigenvalue weighted by atomic mass is 16.5.